The van der Waals surface area contributed by atoms with Gasteiger partial charge < -0.3 is 10.1 Å². The largest absolute Gasteiger partial charge is 0.465 e. The van der Waals surface area contributed by atoms with Crippen molar-refractivity contribution in [1.82, 2.24) is 0 Å². The van der Waals surface area contributed by atoms with Crippen LogP contribution >= 0.6 is 0 Å². The molecule has 3 aromatic carbocycles. The van der Waals surface area contributed by atoms with E-state index in [9.17, 15) is 31.2 Å². The highest BCUT2D eigenvalue weighted by atomic mass is 32.2. The van der Waals surface area contributed by atoms with Crippen LogP contribution in [-0.2, 0) is 26.5 Å². The van der Waals surface area contributed by atoms with E-state index in [4.69, 9.17) is 4.74 Å². The minimum atomic E-state index is -4.52. The van der Waals surface area contributed by atoms with Crippen molar-refractivity contribution >= 4 is 27.4 Å². The zero-order chi connectivity index (χ0) is 25.1. The summed E-state index contributed by atoms with van der Waals surface area (Å²) in [5.74, 6) is -1.52. The number of hydrogen-bond acceptors (Lipinski definition) is 5. The molecule has 1 amide bonds. The van der Waals surface area contributed by atoms with Gasteiger partial charge in [-0.3, -0.25) is 4.79 Å². The summed E-state index contributed by atoms with van der Waals surface area (Å²) in [5.41, 5.74) is 0.525. The van der Waals surface area contributed by atoms with Crippen molar-refractivity contribution in [3.8, 4) is 11.1 Å². The van der Waals surface area contributed by atoms with Gasteiger partial charge in [0.1, 0.15) is 0 Å². The topological polar surface area (TPSA) is 89.5 Å². The molecule has 34 heavy (non-hydrogen) atoms. The zero-order valence-electron chi connectivity index (χ0n) is 18.1. The molecule has 0 bridgehead atoms. The van der Waals surface area contributed by atoms with Crippen LogP contribution < -0.4 is 5.32 Å². The number of methoxy groups -OCH3 is 1. The summed E-state index contributed by atoms with van der Waals surface area (Å²) >= 11 is 0. The van der Waals surface area contributed by atoms with Crippen LogP contribution in [0, 0.1) is 0 Å². The number of hydrogen-bond donors (Lipinski definition) is 1. The van der Waals surface area contributed by atoms with Gasteiger partial charge in [0, 0.05) is 11.8 Å². The lowest BCUT2D eigenvalue weighted by Crippen LogP contribution is -2.15. The molecule has 178 valence electrons. The van der Waals surface area contributed by atoms with Gasteiger partial charge in [0.2, 0.25) is 0 Å². The molecule has 0 unspecified atom stereocenters. The lowest BCUT2D eigenvalue weighted by molar-refractivity contribution is -0.137. The Bertz CT molecular complexity index is 1330. The number of carbonyl (C=O) groups is 2. The van der Waals surface area contributed by atoms with Crippen molar-refractivity contribution in [2.45, 2.75) is 11.9 Å². The van der Waals surface area contributed by atoms with Gasteiger partial charge in [-0.15, -0.1) is 0 Å². The third kappa shape index (κ3) is 6.22. The van der Waals surface area contributed by atoms with E-state index in [1.54, 1.807) is 0 Å². The Morgan fingerprint density at radius 3 is 2.18 bits per heavy atom. The Kier molecular flexibility index (Phi) is 7.11. The van der Waals surface area contributed by atoms with E-state index in [1.165, 1.54) is 54.6 Å². The lowest BCUT2D eigenvalue weighted by atomic mass is 9.99. The summed E-state index contributed by atoms with van der Waals surface area (Å²) in [5, 5.41) is 2.59. The maximum atomic E-state index is 13.1. The van der Waals surface area contributed by atoms with Gasteiger partial charge in [-0.25, -0.2) is 13.2 Å². The van der Waals surface area contributed by atoms with Gasteiger partial charge in [-0.05, 0) is 53.1 Å². The summed E-state index contributed by atoms with van der Waals surface area (Å²) in [6.45, 7) is 0. The van der Waals surface area contributed by atoms with Crippen LogP contribution in [-0.4, -0.2) is 33.7 Å². The number of halogens is 3. The number of alkyl halides is 3. The van der Waals surface area contributed by atoms with Crippen LogP contribution in [0.3, 0.4) is 0 Å². The first-order valence-corrected chi connectivity index (χ1v) is 11.9. The molecular weight excluding hydrogens is 471 g/mol. The van der Waals surface area contributed by atoms with Crippen LogP contribution in [0.5, 0.6) is 0 Å². The van der Waals surface area contributed by atoms with Crippen LogP contribution in [0.25, 0.3) is 11.1 Å². The van der Waals surface area contributed by atoms with Crippen molar-refractivity contribution in [3.63, 3.8) is 0 Å². The Labute approximate surface area is 194 Å². The highest BCUT2D eigenvalue weighted by Crippen LogP contribution is 2.33. The smallest absolute Gasteiger partial charge is 0.416 e. The molecular formula is C24H20F3NO5S. The van der Waals surface area contributed by atoms with E-state index < -0.39 is 33.5 Å². The maximum absolute atomic E-state index is 13.1. The Morgan fingerprint density at radius 1 is 0.941 bits per heavy atom. The summed E-state index contributed by atoms with van der Waals surface area (Å²) in [7, 11) is -2.08. The molecule has 0 atom stereocenters. The summed E-state index contributed by atoms with van der Waals surface area (Å²) in [6.07, 6.45) is -3.42. The first-order valence-electron chi connectivity index (χ1n) is 9.85. The summed E-state index contributed by atoms with van der Waals surface area (Å²) in [4.78, 5) is 25.0. The van der Waals surface area contributed by atoms with Gasteiger partial charge in [0.15, 0.2) is 9.84 Å². The summed E-state index contributed by atoms with van der Waals surface area (Å²) < 4.78 is 66.8. The fourth-order valence-corrected chi connectivity index (χ4v) is 4.03. The number of rotatable bonds is 6. The number of benzene rings is 3. The Balaban J connectivity index is 1.90. The van der Waals surface area contributed by atoms with E-state index in [0.717, 1.165) is 25.5 Å². The van der Waals surface area contributed by atoms with E-state index in [2.05, 4.69) is 5.32 Å². The average molecular weight is 491 g/mol. The van der Waals surface area contributed by atoms with Gasteiger partial charge in [-0.2, -0.15) is 13.2 Å². The molecule has 10 heteroatoms. The number of nitrogens with one attached hydrogen (secondary N) is 1. The van der Waals surface area contributed by atoms with Crippen LogP contribution in [0.2, 0.25) is 0 Å². The molecule has 0 saturated heterocycles. The Hall–Kier alpha value is -3.66. The van der Waals surface area contributed by atoms with E-state index in [1.807, 2.05) is 0 Å². The van der Waals surface area contributed by atoms with Crippen molar-refractivity contribution < 1.29 is 35.9 Å². The molecule has 0 saturated carbocycles. The molecule has 0 aliphatic heterocycles. The van der Waals surface area contributed by atoms with E-state index in [-0.39, 0.29) is 28.1 Å². The first kappa shape index (κ1) is 25.0. The number of ether oxygens (including phenoxy) is 1. The Morgan fingerprint density at radius 2 is 1.59 bits per heavy atom. The summed E-state index contributed by atoms with van der Waals surface area (Å²) in [6, 6.07) is 14.8. The van der Waals surface area contributed by atoms with E-state index >= 15 is 0 Å². The molecule has 0 fully saturated rings. The fraction of sp³-hybridized carbons (Fsp3) is 0.167. The molecule has 0 radical (unpaired) electrons. The molecule has 0 aliphatic carbocycles. The highest BCUT2D eigenvalue weighted by Gasteiger charge is 2.30. The van der Waals surface area contributed by atoms with Gasteiger partial charge in [-0.1, -0.05) is 30.3 Å². The molecule has 0 spiro atoms. The number of anilines is 1. The van der Waals surface area contributed by atoms with Gasteiger partial charge in [0.05, 0.1) is 29.7 Å². The fourth-order valence-electron chi connectivity index (χ4n) is 3.24. The van der Waals surface area contributed by atoms with Gasteiger partial charge >= 0.3 is 12.1 Å². The minimum Gasteiger partial charge on any atom is -0.465 e. The zero-order valence-corrected chi connectivity index (χ0v) is 19.0. The second-order valence-corrected chi connectivity index (χ2v) is 9.69. The predicted molar refractivity (Wildman–Crippen MR) is 121 cm³/mol. The van der Waals surface area contributed by atoms with Crippen molar-refractivity contribution in [3.05, 3.63) is 89.0 Å². The SMILES string of the molecule is COC(=O)c1cc(-c2cccc(C(F)(F)F)c2)ccc1NC(=O)c1ccc(CS(C)(=O)=O)cc1. The van der Waals surface area contributed by atoms with Crippen LogP contribution in [0.1, 0.15) is 31.8 Å². The number of esters is 1. The third-order valence-electron chi connectivity index (χ3n) is 4.84. The lowest BCUT2D eigenvalue weighted by Gasteiger charge is -2.13. The maximum Gasteiger partial charge on any atom is 0.416 e. The quantitative estimate of drug-likeness (QED) is 0.493. The second-order valence-electron chi connectivity index (χ2n) is 7.55. The molecule has 3 rings (SSSR count). The average Bonchev–Trinajstić information content (AvgIpc) is 2.77. The normalized spacial score (nSPS) is 11.7. The van der Waals surface area contributed by atoms with Crippen molar-refractivity contribution in [2.75, 3.05) is 18.7 Å². The molecule has 3 aromatic rings. The number of sulfone groups is 1. The molecule has 1 N–H and O–H groups in total. The van der Waals surface area contributed by atoms with Crippen LogP contribution in [0.15, 0.2) is 66.7 Å². The number of carbonyl (C=O) groups excluding carboxylic acids is 2. The van der Waals surface area contributed by atoms with E-state index in [0.29, 0.717) is 11.1 Å². The second kappa shape index (κ2) is 9.68. The molecule has 0 heterocycles. The molecule has 6 nitrogen and oxygen atoms in total. The predicted octanol–water partition coefficient (Wildman–Crippen LogP) is 4.96. The third-order valence-corrected chi connectivity index (χ3v) is 5.70. The molecule has 0 aliphatic rings. The van der Waals surface area contributed by atoms with Gasteiger partial charge in [0.25, 0.3) is 5.91 Å². The highest BCUT2D eigenvalue weighted by molar-refractivity contribution is 7.89. The van der Waals surface area contributed by atoms with Crippen LogP contribution in [0.4, 0.5) is 18.9 Å². The van der Waals surface area contributed by atoms with Crippen molar-refractivity contribution in [1.29, 1.82) is 0 Å². The first-order chi connectivity index (χ1) is 15.9. The number of amides is 1. The molecule has 0 aromatic heterocycles. The standard InChI is InChI=1S/C24H20F3NO5S/c1-33-23(30)20-13-18(17-4-3-5-19(12-17)24(25,26)27)10-11-21(20)28-22(29)16-8-6-15(7-9-16)14-34(2,31)32/h3-13H,14H2,1-2H3,(H,28,29). The monoisotopic (exact) mass is 491 g/mol. The van der Waals surface area contributed by atoms with Crippen molar-refractivity contribution in [2.24, 2.45) is 0 Å². The minimum absolute atomic E-state index is 0.0422.